The summed E-state index contributed by atoms with van der Waals surface area (Å²) in [4.78, 5) is 64.0. The molecule has 34 heavy (non-hydrogen) atoms. The van der Waals surface area contributed by atoms with E-state index in [0.29, 0.717) is 25.9 Å². The first-order valence-corrected chi connectivity index (χ1v) is 10.8. The van der Waals surface area contributed by atoms with E-state index < -0.39 is 36.1 Å². The molecule has 0 saturated carbocycles. The van der Waals surface area contributed by atoms with Crippen molar-refractivity contribution < 1.29 is 42.9 Å². The van der Waals surface area contributed by atoms with Gasteiger partial charge in [0.25, 0.3) is 0 Å². The molecule has 2 aliphatic heterocycles. The van der Waals surface area contributed by atoms with Crippen molar-refractivity contribution in [2.45, 2.75) is 31.8 Å². The van der Waals surface area contributed by atoms with Gasteiger partial charge in [-0.25, -0.2) is 24.0 Å². The topological polar surface area (TPSA) is 141 Å². The van der Waals surface area contributed by atoms with Crippen LogP contribution >= 0.6 is 0 Å². The number of nitrogens with one attached hydrogen (secondary N) is 1. The highest BCUT2D eigenvalue weighted by molar-refractivity contribution is 5.99. The van der Waals surface area contributed by atoms with Crippen LogP contribution < -0.4 is 5.32 Å². The first kappa shape index (κ1) is 24.8. The van der Waals surface area contributed by atoms with Crippen LogP contribution in [0.5, 0.6) is 0 Å². The van der Waals surface area contributed by atoms with Crippen LogP contribution in [0.2, 0.25) is 0 Å². The molecule has 3 rings (SSSR count). The number of anilines is 1. The van der Waals surface area contributed by atoms with Crippen molar-refractivity contribution in [3.8, 4) is 0 Å². The van der Waals surface area contributed by atoms with E-state index in [9.17, 15) is 24.0 Å². The molecule has 2 aliphatic rings. The first-order chi connectivity index (χ1) is 16.3. The molecule has 12 heteroatoms. The zero-order chi connectivity index (χ0) is 24.8. The summed E-state index contributed by atoms with van der Waals surface area (Å²) in [6.07, 6.45) is 0.304. The third-order valence-electron chi connectivity index (χ3n) is 5.64. The number of hydrogen-bond acceptors (Lipinski definition) is 9. The number of methoxy groups -OCH3 is 2. The highest BCUT2D eigenvalue weighted by Gasteiger charge is 2.44. The lowest BCUT2D eigenvalue weighted by Crippen LogP contribution is -2.52. The van der Waals surface area contributed by atoms with Crippen LogP contribution in [0.1, 0.15) is 40.5 Å². The van der Waals surface area contributed by atoms with Crippen molar-refractivity contribution in [2.75, 3.05) is 45.8 Å². The second-order valence-electron chi connectivity index (χ2n) is 7.68. The van der Waals surface area contributed by atoms with Gasteiger partial charge in [-0.1, -0.05) is 0 Å². The maximum atomic E-state index is 12.8. The number of piperidine rings is 1. The minimum Gasteiger partial charge on any atom is -0.465 e. The molecular formula is C22H27N3O9. The maximum absolute atomic E-state index is 12.8. The van der Waals surface area contributed by atoms with Crippen LogP contribution in [0, 0.1) is 0 Å². The number of cyclic esters (lactones) is 1. The summed E-state index contributed by atoms with van der Waals surface area (Å²) < 4.78 is 19.5. The van der Waals surface area contributed by atoms with E-state index in [1.807, 2.05) is 0 Å². The molecule has 3 amide bonds. The second kappa shape index (κ2) is 10.9. The molecule has 1 N–H and O–H groups in total. The molecule has 2 fully saturated rings. The minimum atomic E-state index is -0.796. The SMILES string of the molecule is CCOC(=O)C1COC(=O)N1C1CCN(C(=O)Nc2cc(C(=O)OC)cc(C(=O)OC)c2)CC1. The second-order valence-corrected chi connectivity index (χ2v) is 7.68. The quantitative estimate of drug-likeness (QED) is 0.478. The first-order valence-electron chi connectivity index (χ1n) is 10.8. The van der Waals surface area contributed by atoms with Crippen LogP contribution in [0.3, 0.4) is 0 Å². The fourth-order valence-corrected chi connectivity index (χ4v) is 3.98. The summed E-state index contributed by atoms with van der Waals surface area (Å²) >= 11 is 0. The van der Waals surface area contributed by atoms with Crippen molar-refractivity contribution in [3.05, 3.63) is 29.3 Å². The Bertz CT molecular complexity index is 938. The van der Waals surface area contributed by atoms with Crippen LogP contribution in [0.15, 0.2) is 18.2 Å². The Hall–Kier alpha value is -3.83. The number of urea groups is 1. The van der Waals surface area contributed by atoms with Gasteiger partial charge in [0.15, 0.2) is 6.04 Å². The van der Waals surface area contributed by atoms with Crippen molar-refractivity contribution in [1.82, 2.24) is 9.80 Å². The van der Waals surface area contributed by atoms with E-state index in [2.05, 4.69) is 5.32 Å². The molecule has 1 atom stereocenters. The number of rotatable bonds is 6. The van der Waals surface area contributed by atoms with Gasteiger partial charge in [-0.3, -0.25) is 4.90 Å². The molecule has 0 radical (unpaired) electrons. The van der Waals surface area contributed by atoms with E-state index in [0.717, 1.165) is 0 Å². The standard InChI is InChI=1S/C22H27N3O9/c1-4-33-20(28)17-12-34-22(30)25(17)16-5-7-24(8-6-16)21(29)23-15-10-13(18(26)31-2)9-14(11-15)19(27)32-3/h9-11,16-17H,4-8,12H2,1-3H3,(H,23,29). The number of amides is 3. The molecule has 1 aromatic rings. The number of nitrogens with zero attached hydrogens (tertiary/aromatic N) is 2. The van der Waals surface area contributed by atoms with Crippen LogP contribution in [-0.2, 0) is 23.7 Å². The Morgan fingerprint density at radius 3 is 2.15 bits per heavy atom. The summed E-state index contributed by atoms with van der Waals surface area (Å²) in [6, 6.07) is 2.59. The van der Waals surface area contributed by atoms with Gasteiger partial charge in [0.1, 0.15) is 6.61 Å². The number of esters is 3. The highest BCUT2D eigenvalue weighted by atomic mass is 16.6. The largest absolute Gasteiger partial charge is 0.465 e. The molecule has 1 unspecified atom stereocenters. The molecule has 0 aromatic heterocycles. The lowest BCUT2D eigenvalue weighted by atomic mass is 10.0. The number of benzene rings is 1. The Morgan fingerprint density at radius 2 is 1.62 bits per heavy atom. The molecule has 0 spiro atoms. The van der Waals surface area contributed by atoms with Crippen molar-refractivity contribution in [1.29, 1.82) is 0 Å². The Kier molecular flexibility index (Phi) is 7.92. The summed E-state index contributed by atoms with van der Waals surface area (Å²) in [5.41, 5.74) is 0.384. The van der Waals surface area contributed by atoms with Gasteiger partial charge >= 0.3 is 30.0 Å². The Balaban J connectivity index is 1.66. The minimum absolute atomic E-state index is 0.0581. The predicted molar refractivity (Wildman–Crippen MR) is 116 cm³/mol. The average Bonchev–Trinajstić information content (AvgIpc) is 3.24. The fraction of sp³-hybridized carbons (Fsp3) is 0.500. The summed E-state index contributed by atoms with van der Waals surface area (Å²) in [6.45, 7) is 2.46. The van der Waals surface area contributed by atoms with E-state index in [1.54, 1.807) is 11.8 Å². The van der Waals surface area contributed by atoms with E-state index >= 15 is 0 Å². The molecule has 2 saturated heterocycles. The number of carbonyl (C=O) groups excluding carboxylic acids is 5. The van der Waals surface area contributed by atoms with Gasteiger partial charge < -0.3 is 29.2 Å². The third-order valence-corrected chi connectivity index (χ3v) is 5.64. The Labute approximate surface area is 196 Å². The monoisotopic (exact) mass is 477 g/mol. The van der Waals surface area contributed by atoms with E-state index in [-0.39, 0.29) is 36.1 Å². The lowest BCUT2D eigenvalue weighted by Gasteiger charge is -2.37. The van der Waals surface area contributed by atoms with Crippen LogP contribution in [0.4, 0.5) is 15.3 Å². The third kappa shape index (κ3) is 5.38. The lowest BCUT2D eigenvalue weighted by molar-refractivity contribution is -0.148. The number of likely N-dealkylation sites (tertiary alicyclic amines) is 1. The normalized spacial score (nSPS) is 18.2. The fourth-order valence-electron chi connectivity index (χ4n) is 3.98. The molecule has 1 aromatic carbocycles. The maximum Gasteiger partial charge on any atom is 0.410 e. The van der Waals surface area contributed by atoms with Gasteiger partial charge in [0.2, 0.25) is 0 Å². The molecule has 12 nitrogen and oxygen atoms in total. The van der Waals surface area contributed by atoms with Gasteiger partial charge in [-0.05, 0) is 38.0 Å². The number of hydrogen-bond donors (Lipinski definition) is 1. The number of ether oxygens (including phenoxy) is 4. The summed E-state index contributed by atoms with van der Waals surface area (Å²) in [5, 5.41) is 2.68. The zero-order valence-electron chi connectivity index (χ0n) is 19.2. The summed E-state index contributed by atoms with van der Waals surface area (Å²) in [5.74, 6) is -1.85. The van der Waals surface area contributed by atoms with E-state index in [4.69, 9.17) is 18.9 Å². The predicted octanol–water partition coefficient (Wildman–Crippen LogP) is 1.64. The van der Waals surface area contributed by atoms with E-state index in [1.165, 1.54) is 37.3 Å². The highest BCUT2D eigenvalue weighted by Crippen LogP contribution is 2.25. The molecule has 184 valence electrons. The van der Waals surface area contributed by atoms with Crippen molar-refractivity contribution in [3.63, 3.8) is 0 Å². The summed E-state index contributed by atoms with van der Waals surface area (Å²) in [7, 11) is 2.41. The van der Waals surface area contributed by atoms with Crippen LogP contribution in [0.25, 0.3) is 0 Å². The molecular weight excluding hydrogens is 450 g/mol. The molecule has 0 bridgehead atoms. The van der Waals surface area contributed by atoms with Gasteiger partial charge in [0.05, 0.1) is 32.0 Å². The number of carbonyl (C=O) groups is 5. The van der Waals surface area contributed by atoms with Gasteiger partial charge in [0, 0.05) is 24.8 Å². The Morgan fingerprint density at radius 1 is 1.03 bits per heavy atom. The average molecular weight is 477 g/mol. The molecule has 0 aliphatic carbocycles. The van der Waals surface area contributed by atoms with Crippen molar-refractivity contribution >= 4 is 35.7 Å². The van der Waals surface area contributed by atoms with Crippen LogP contribution in [-0.4, -0.2) is 92.4 Å². The smallest absolute Gasteiger partial charge is 0.410 e. The zero-order valence-corrected chi connectivity index (χ0v) is 19.2. The van der Waals surface area contributed by atoms with Gasteiger partial charge in [-0.15, -0.1) is 0 Å². The van der Waals surface area contributed by atoms with Crippen molar-refractivity contribution in [2.24, 2.45) is 0 Å². The van der Waals surface area contributed by atoms with Gasteiger partial charge in [-0.2, -0.15) is 0 Å². The molecule has 2 heterocycles.